The lowest BCUT2D eigenvalue weighted by Crippen LogP contribution is -2.30. The van der Waals surface area contributed by atoms with E-state index in [0.717, 1.165) is 51.4 Å². The van der Waals surface area contributed by atoms with Crippen LogP contribution in [0.1, 0.15) is 96.6 Å². The second kappa shape index (κ2) is 11.7. The van der Waals surface area contributed by atoms with E-state index < -0.39 is 18.0 Å². The van der Waals surface area contributed by atoms with Crippen LogP contribution in [0.5, 0.6) is 0 Å². The summed E-state index contributed by atoms with van der Waals surface area (Å²) in [7, 11) is 1.66. The molecule has 11 heteroatoms. The molecule has 2 aromatic heterocycles. The summed E-state index contributed by atoms with van der Waals surface area (Å²) in [6, 6.07) is 0. The third-order valence-electron chi connectivity index (χ3n) is 8.63. The minimum Gasteiger partial charge on any atom is -0.463 e. The van der Waals surface area contributed by atoms with E-state index >= 15 is 4.39 Å². The molecule has 10 nitrogen and oxygen atoms in total. The number of nitrogen functional groups attached to an aromatic ring is 1. The van der Waals surface area contributed by atoms with E-state index in [9.17, 15) is 9.59 Å². The number of carbonyl (C=O) groups is 2. The van der Waals surface area contributed by atoms with Gasteiger partial charge in [-0.15, -0.1) is 0 Å². The van der Waals surface area contributed by atoms with Crippen LogP contribution in [0.25, 0.3) is 11.2 Å². The Morgan fingerprint density at radius 3 is 2.41 bits per heavy atom. The Labute approximate surface area is 228 Å². The summed E-state index contributed by atoms with van der Waals surface area (Å²) in [6.45, 7) is 1.45. The van der Waals surface area contributed by atoms with Gasteiger partial charge in [0.2, 0.25) is 11.9 Å². The summed E-state index contributed by atoms with van der Waals surface area (Å²) >= 11 is 0. The van der Waals surface area contributed by atoms with E-state index in [-0.39, 0.29) is 30.9 Å². The average Bonchev–Trinajstić information content (AvgIpc) is 3.46. The number of nitrogens with zero attached hydrogens (tertiary/aromatic N) is 5. The van der Waals surface area contributed by atoms with Crippen molar-refractivity contribution in [3.8, 4) is 0 Å². The SMILES string of the molecule is CN(C(=O)CC1CCCCC1)c1nc(N)nc2c1ncn2[C@@H]1O[C@H](COC(=O)CC2CCCCC2)C[C@@]1(C)F. The van der Waals surface area contributed by atoms with Gasteiger partial charge in [0.05, 0.1) is 12.4 Å². The number of imidazole rings is 1. The standard InChI is InChI=1S/C28H41FN6O4/c1-28(29)15-20(16-38-22(37)14-19-11-7-4-8-12-19)39-26(28)35-17-31-23-24(32-27(30)33-25(23)35)34(2)21(36)13-18-9-5-3-6-10-18/h17-20,26H,3-16H2,1-2H3,(H2,30,32,33)/t20-,26+,28+/m0/s1. The number of nitrogens with two attached hydrogens (primary N) is 1. The van der Waals surface area contributed by atoms with Crippen molar-refractivity contribution in [3.63, 3.8) is 0 Å². The molecule has 0 aromatic carbocycles. The molecule has 214 valence electrons. The molecular formula is C28H41FN6O4. The normalized spacial score (nSPS) is 26.6. The highest BCUT2D eigenvalue weighted by Gasteiger charge is 2.48. The van der Waals surface area contributed by atoms with Gasteiger partial charge in [-0.3, -0.25) is 19.1 Å². The average molecular weight is 545 g/mol. The summed E-state index contributed by atoms with van der Waals surface area (Å²) < 4.78 is 28.8. The number of hydrogen-bond acceptors (Lipinski definition) is 8. The Kier molecular flexibility index (Phi) is 8.35. The molecule has 3 aliphatic rings. The van der Waals surface area contributed by atoms with Gasteiger partial charge in [0, 0.05) is 26.3 Å². The first-order valence-corrected chi connectivity index (χ1v) is 14.5. The lowest BCUT2D eigenvalue weighted by atomic mass is 9.87. The van der Waals surface area contributed by atoms with Crippen molar-refractivity contribution >= 4 is 34.8 Å². The van der Waals surface area contributed by atoms with Crippen molar-refractivity contribution in [1.82, 2.24) is 19.5 Å². The Hall–Kier alpha value is -2.82. The third-order valence-corrected chi connectivity index (χ3v) is 8.63. The van der Waals surface area contributed by atoms with Crippen molar-refractivity contribution in [2.45, 2.75) is 108 Å². The van der Waals surface area contributed by atoms with Crippen LogP contribution < -0.4 is 10.6 Å². The van der Waals surface area contributed by atoms with Crippen LogP contribution in [-0.2, 0) is 19.1 Å². The minimum atomic E-state index is -1.77. The minimum absolute atomic E-state index is 0.00499. The maximum absolute atomic E-state index is 15.8. The van der Waals surface area contributed by atoms with E-state index in [4.69, 9.17) is 15.2 Å². The van der Waals surface area contributed by atoms with E-state index in [1.54, 1.807) is 7.05 Å². The highest BCUT2D eigenvalue weighted by molar-refractivity contribution is 5.99. The summed E-state index contributed by atoms with van der Waals surface area (Å²) in [5.41, 5.74) is 4.91. The van der Waals surface area contributed by atoms with Crippen molar-refractivity contribution in [2.75, 3.05) is 24.3 Å². The molecule has 0 spiro atoms. The van der Waals surface area contributed by atoms with Crippen LogP contribution in [-0.4, -0.2) is 56.8 Å². The molecule has 2 N–H and O–H groups in total. The largest absolute Gasteiger partial charge is 0.463 e. The molecule has 3 heterocycles. The molecule has 2 aromatic rings. The number of ether oxygens (including phenoxy) is 2. The van der Waals surface area contributed by atoms with Crippen molar-refractivity contribution in [3.05, 3.63) is 6.33 Å². The number of esters is 1. The molecule has 0 bridgehead atoms. The fraction of sp³-hybridized carbons (Fsp3) is 0.750. The smallest absolute Gasteiger partial charge is 0.306 e. The number of carbonyl (C=O) groups excluding carboxylic acids is 2. The molecule has 5 rings (SSSR count). The van der Waals surface area contributed by atoms with Crippen molar-refractivity contribution in [2.24, 2.45) is 11.8 Å². The Morgan fingerprint density at radius 1 is 1.10 bits per heavy atom. The van der Waals surface area contributed by atoms with Gasteiger partial charge in [0.1, 0.15) is 6.61 Å². The second-order valence-electron chi connectivity index (χ2n) is 11.9. The highest BCUT2D eigenvalue weighted by Crippen LogP contribution is 2.43. The van der Waals surface area contributed by atoms with Crippen molar-refractivity contribution in [1.29, 1.82) is 0 Å². The van der Waals surface area contributed by atoms with Gasteiger partial charge < -0.3 is 15.2 Å². The predicted octanol–water partition coefficient (Wildman–Crippen LogP) is 4.87. The topological polar surface area (TPSA) is 125 Å². The molecule has 0 radical (unpaired) electrons. The van der Waals surface area contributed by atoms with Crippen LogP contribution in [0.2, 0.25) is 0 Å². The maximum atomic E-state index is 15.8. The van der Waals surface area contributed by atoms with Gasteiger partial charge in [-0.25, -0.2) is 9.37 Å². The zero-order valence-corrected chi connectivity index (χ0v) is 23.1. The molecule has 2 saturated carbocycles. The van der Waals surface area contributed by atoms with Crippen LogP contribution in [0.15, 0.2) is 6.33 Å². The van der Waals surface area contributed by atoms with Crippen LogP contribution in [0, 0.1) is 11.8 Å². The number of fused-ring (bicyclic) bond motifs is 1. The highest BCUT2D eigenvalue weighted by atomic mass is 19.1. The summed E-state index contributed by atoms with van der Waals surface area (Å²) in [4.78, 5) is 40.0. The number of rotatable bonds is 8. The van der Waals surface area contributed by atoms with Gasteiger partial charge in [-0.05, 0) is 44.4 Å². The van der Waals surface area contributed by atoms with Gasteiger partial charge in [-0.2, -0.15) is 9.97 Å². The Balaban J connectivity index is 1.27. The van der Waals surface area contributed by atoms with Crippen LogP contribution in [0.3, 0.4) is 0 Å². The quantitative estimate of drug-likeness (QED) is 0.467. The molecule has 1 amide bonds. The summed E-state index contributed by atoms with van der Waals surface area (Å²) in [5.74, 6) is 0.687. The first-order chi connectivity index (χ1) is 18.7. The monoisotopic (exact) mass is 544 g/mol. The molecule has 0 unspecified atom stereocenters. The zero-order valence-electron chi connectivity index (χ0n) is 23.1. The number of anilines is 2. The molecule has 1 aliphatic heterocycles. The maximum Gasteiger partial charge on any atom is 0.306 e. The predicted molar refractivity (Wildman–Crippen MR) is 145 cm³/mol. The first kappa shape index (κ1) is 27.7. The van der Waals surface area contributed by atoms with Gasteiger partial charge in [0.15, 0.2) is 28.9 Å². The fourth-order valence-corrected chi connectivity index (χ4v) is 6.46. The lowest BCUT2D eigenvalue weighted by molar-refractivity contribution is -0.150. The number of alkyl halides is 1. The summed E-state index contributed by atoms with van der Waals surface area (Å²) in [5, 5.41) is 0. The molecule has 2 aliphatic carbocycles. The van der Waals surface area contributed by atoms with Crippen LogP contribution >= 0.6 is 0 Å². The number of aromatic nitrogens is 4. The summed E-state index contributed by atoms with van der Waals surface area (Å²) in [6.07, 6.45) is 12.0. The number of hydrogen-bond donors (Lipinski definition) is 1. The fourth-order valence-electron chi connectivity index (χ4n) is 6.46. The van der Waals surface area contributed by atoms with Gasteiger partial charge in [0.25, 0.3) is 0 Å². The first-order valence-electron chi connectivity index (χ1n) is 14.5. The molecule has 3 atom stereocenters. The van der Waals surface area contributed by atoms with E-state index in [2.05, 4.69) is 15.0 Å². The Bertz CT molecular complexity index is 1170. The molecule has 3 fully saturated rings. The van der Waals surface area contributed by atoms with Crippen LogP contribution in [0.4, 0.5) is 16.2 Å². The third kappa shape index (κ3) is 6.34. The lowest BCUT2D eigenvalue weighted by Gasteiger charge is -2.24. The van der Waals surface area contributed by atoms with E-state index in [0.29, 0.717) is 41.7 Å². The van der Waals surface area contributed by atoms with E-state index in [1.807, 2.05) is 0 Å². The molecule has 39 heavy (non-hydrogen) atoms. The van der Waals surface area contributed by atoms with Crippen molar-refractivity contribution < 1.29 is 23.5 Å². The number of amides is 1. The van der Waals surface area contributed by atoms with Gasteiger partial charge in [-0.1, -0.05) is 38.5 Å². The molecule has 1 saturated heterocycles. The second-order valence-corrected chi connectivity index (χ2v) is 11.9. The van der Waals surface area contributed by atoms with Gasteiger partial charge >= 0.3 is 5.97 Å². The number of halogens is 1. The molecular weight excluding hydrogens is 503 g/mol. The zero-order chi connectivity index (χ0) is 27.6. The van der Waals surface area contributed by atoms with E-state index in [1.165, 1.54) is 35.6 Å². The Morgan fingerprint density at radius 2 is 1.74 bits per heavy atom.